The summed E-state index contributed by atoms with van der Waals surface area (Å²) >= 11 is 5.57. The van der Waals surface area contributed by atoms with Crippen LogP contribution in [-0.4, -0.2) is 31.1 Å². The Bertz CT molecular complexity index is 422. The van der Waals surface area contributed by atoms with Crippen LogP contribution in [0, 0.1) is 0 Å². The van der Waals surface area contributed by atoms with Gasteiger partial charge < -0.3 is 10.2 Å². The van der Waals surface area contributed by atoms with Crippen LogP contribution < -0.4 is 5.32 Å². The van der Waals surface area contributed by atoms with E-state index < -0.39 is 0 Å². The molecule has 0 amide bonds. The molecule has 0 saturated heterocycles. The number of likely N-dealkylation sites (N-methyl/N-ethyl adjacent to an activating group) is 1. The van der Waals surface area contributed by atoms with Gasteiger partial charge in [0.1, 0.15) is 0 Å². The molecule has 120 valence electrons. The minimum Gasteiger partial charge on any atom is -0.308 e. The Morgan fingerprint density at radius 1 is 1.24 bits per heavy atom. The Morgan fingerprint density at radius 2 is 1.90 bits per heavy atom. The number of rotatable bonds is 6. The zero-order valence-corrected chi connectivity index (χ0v) is 16.0. The van der Waals surface area contributed by atoms with E-state index in [2.05, 4.69) is 57.9 Å². The molecule has 1 unspecified atom stereocenters. The van der Waals surface area contributed by atoms with Gasteiger partial charge in [-0.1, -0.05) is 32.6 Å². The van der Waals surface area contributed by atoms with Crippen molar-refractivity contribution in [2.75, 3.05) is 20.6 Å². The first-order valence-electron chi connectivity index (χ1n) is 8.24. The smallest absolute Gasteiger partial charge is 0.0526 e. The van der Waals surface area contributed by atoms with Crippen molar-refractivity contribution in [2.45, 2.75) is 63.5 Å². The molecule has 1 saturated carbocycles. The molecule has 1 aliphatic rings. The lowest BCUT2D eigenvalue weighted by Gasteiger charge is -2.46. The second-order valence-corrected chi connectivity index (χ2v) is 8.07. The predicted molar refractivity (Wildman–Crippen MR) is 97.2 cm³/mol. The van der Waals surface area contributed by atoms with Gasteiger partial charge in [-0.05, 0) is 66.8 Å². The van der Waals surface area contributed by atoms with Crippen molar-refractivity contribution in [3.63, 3.8) is 0 Å². The maximum absolute atomic E-state index is 3.87. The molecule has 1 aromatic heterocycles. The molecule has 1 N–H and O–H groups in total. The van der Waals surface area contributed by atoms with E-state index in [0.717, 1.165) is 6.54 Å². The van der Waals surface area contributed by atoms with Crippen molar-refractivity contribution in [3.8, 4) is 0 Å². The van der Waals surface area contributed by atoms with Gasteiger partial charge in [-0.25, -0.2) is 0 Å². The van der Waals surface area contributed by atoms with Gasteiger partial charge in [-0.15, -0.1) is 0 Å². The van der Waals surface area contributed by atoms with E-state index in [1.807, 2.05) is 0 Å². The fourth-order valence-electron chi connectivity index (χ4n) is 3.71. The molecular weight excluding hydrogens is 344 g/mol. The number of nitrogens with zero attached hydrogens (tertiary/aromatic N) is 1. The van der Waals surface area contributed by atoms with E-state index in [1.54, 1.807) is 11.3 Å². The predicted octanol–water partition coefficient (Wildman–Crippen LogP) is 5.21. The number of hydrogen-bond donors (Lipinski definition) is 1. The van der Waals surface area contributed by atoms with Crippen LogP contribution in [0.4, 0.5) is 0 Å². The molecule has 1 heterocycles. The average Bonchev–Trinajstić information content (AvgIpc) is 2.74. The number of nitrogens with one attached hydrogen (secondary N) is 1. The van der Waals surface area contributed by atoms with E-state index in [4.69, 9.17) is 0 Å². The summed E-state index contributed by atoms with van der Waals surface area (Å²) in [6, 6.07) is 0.422. The second kappa shape index (κ2) is 8.09. The van der Waals surface area contributed by atoms with Crippen molar-refractivity contribution in [2.24, 2.45) is 0 Å². The number of thiophene rings is 1. The van der Waals surface area contributed by atoms with Gasteiger partial charge in [0.2, 0.25) is 0 Å². The van der Waals surface area contributed by atoms with Crippen LogP contribution in [0.25, 0.3) is 0 Å². The maximum atomic E-state index is 3.87. The minimum atomic E-state index is 0.245. The largest absolute Gasteiger partial charge is 0.308 e. The Hall–Kier alpha value is 0.1000. The van der Waals surface area contributed by atoms with E-state index in [1.165, 1.54) is 55.0 Å². The fourth-order valence-corrected chi connectivity index (χ4v) is 5.26. The van der Waals surface area contributed by atoms with Gasteiger partial charge in [-0.3, -0.25) is 0 Å². The molecule has 1 atom stereocenters. The highest BCUT2D eigenvalue weighted by molar-refractivity contribution is 9.10. The Morgan fingerprint density at radius 3 is 2.38 bits per heavy atom. The Kier molecular flexibility index (Phi) is 6.73. The first kappa shape index (κ1) is 17.5. The lowest BCUT2D eigenvalue weighted by Crippen LogP contribution is -2.53. The molecule has 1 aromatic rings. The molecule has 0 aromatic carbocycles. The summed E-state index contributed by atoms with van der Waals surface area (Å²) in [4.78, 5) is 2.50. The first-order chi connectivity index (χ1) is 10.1. The van der Waals surface area contributed by atoms with E-state index in [9.17, 15) is 0 Å². The lowest BCUT2D eigenvalue weighted by atomic mass is 9.78. The third kappa shape index (κ3) is 3.90. The summed E-state index contributed by atoms with van der Waals surface area (Å²) in [6.07, 6.45) is 9.26. The van der Waals surface area contributed by atoms with Crippen LogP contribution in [0.5, 0.6) is 0 Å². The standard InChI is InChI=1S/C17H29BrN2S/c1-4-11-19-16(14-12-21-13-15(14)18)17(20(2)3)9-7-5-6-8-10-17/h12-13,16,19H,4-11H2,1-3H3. The average molecular weight is 373 g/mol. The molecule has 0 radical (unpaired) electrons. The van der Waals surface area contributed by atoms with Gasteiger partial charge >= 0.3 is 0 Å². The maximum Gasteiger partial charge on any atom is 0.0526 e. The second-order valence-electron chi connectivity index (χ2n) is 6.47. The van der Waals surface area contributed by atoms with Crippen molar-refractivity contribution >= 4 is 27.3 Å². The van der Waals surface area contributed by atoms with Crippen LogP contribution in [0.3, 0.4) is 0 Å². The monoisotopic (exact) mass is 372 g/mol. The zero-order valence-electron chi connectivity index (χ0n) is 13.6. The third-order valence-electron chi connectivity index (χ3n) is 4.95. The Labute approximate surface area is 142 Å². The molecule has 0 aliphatic heterocycles. The van der Waals surface area contributed by atoms with E-state index in [0.29, 0.717) is 6.04 Å². The van der Waals surface area contributed by atoms with E-state index in [-0.39, 0.29) is 5.54 Å². The highest BCUT2D eigenvalue weighted by atomic mass is 79.9. The highest BCUT2D eigenvalue weighted by Gasteiger charge is 2.42. The molecular formula is C17H29BrN2S. The van der Waals surface area contributed by atoms with Gasteiger partial charge in [0.25, 0.3) is 0 Å². The van der Waals surface area contributed by atoms with Crippen LogP contribution in [0.1, 0.15) is 63.5 Å². The summed E-state index contributed by atoms with van der Waals surface area (Å²) < 4.78 is 1.27. The molecule has 1 aliphatic carbocycles. The molecule has 0 bridgehead atoms. The number of halogens is 1. The van der Waals surface area contributed by atoms with Crippen molar-refractivity contribution < 1.29 is 0 Å². The van der Waals surface area contributed by atoms with Crippen LogP contribution in [-0.2, 0) is 0 Å². The lowest BCUT2D eigenvalue weighted by molar-refractivity contribution is 0.0798. The van der Waals surface area contributed by atoms with Crippen LogP contribution >= 0.6 is 27.3 Å². The number of hydrogen-bond acceptors (Lipinski definition) is 3. The quantitative estimate of drug-likeness (QED) is 0.689. The molecule has 21 heavy (non-hydrogen) atoms. The van der Waals surface area contributed by atoms with Gasteiger partial charge in [0, 0.05) is 15.4 Å². The van der Waals surface area contributed by atoms with Crippen LogP contribution in [0.2, 0.25) is 0 Å². The summed E-state index contributed by atoms with van der Waals surface area (Å²) in [5.41, 5.74) is 1.69. The summed E-state index contributed by atoms with van der Waals surface area (Å²) in [6.45, 7) is 3.34. The van der Waals surface area contributed by atoms with Crippen molar-refractivity contribution in [1.29, 1.82) is 0 Å². The Balaban J connectivity index is 2.37. The minimum absolute atomic E-state index is 0.245. The first-order valence-corrected chi connectivity index (χ1v) is 9.98. The van der Waals surface area contributed by atoms with Gasteiger partial charge in [-0.2, -0.15) is 11.3 Å². The summed E-state index contributed by atoms with van der Waals surface area (Å²) in [5, 5.41) is 8.41. The molecule has 2 nitrogen and oxygen atoms in total. The summed E-state index contributed by atoms with van der Waals surface area (Å²) in [5.74, 6) is 0. The van der Waals surface area contributed by atoms with Gasteiger partial charge in [0.15, 0.2) is 0 Å². The topological polar surface area (TPSA) is 15.3 Å². The van der Waals surface area contributed by atoms with Crippen molar-refractivity contribution in [3.05, 3.63) is 20.8 Å². The third-order valence-corrected chi connectivity index (χ3v) is 6.70. The molecule has 2 rings (SSSR count). The normalized spacial score (nSPS) is 20.4. The molecule has 1 fully saturated rings. The molecule has 4 heteroatoms. The van der Waals surface area contributed by atoms with Crippen LogP contribution in [0.15, 0.2) is 15.2 Å². The van der Waals surface area contributed by atoms with Gasteiger partial charge in [0.05, 0.1) is 6.04 Å². The highest BCUT2D eigenvalue weighted by Crippen LogP contribution is 2.43. The van der Waals surface area contributed by atoms with Crippen molar-refractivity contribution in [1.82, 2.24) is 10.2 Å². The fraction of sp³-hybridized carbons (Fsp3) is 0.765. The zero-order chi connectivity index (χ0) is 15.3. The molecule has 0 spiro atoms. The summed E-state index contributed by atoms with van der Waals surface area (Å²) in [7, 11) is 4.54. The van der Waals surface area contributed by atoms with E-state index >= 15 is 0 Å². The SMILES string of the molecule is CCCNC(c1cscc1Br)C1(N(C)C)CCCCCC1.